The van der Waals surface area contributed by atoms with Gasteiger partial charge >= 0.3 is 0 Å². The maximum atomic E-state index is 13.5. The fraction of sp³-hybridized carbons (Fsp3) is 0.0909. The molecule has 1 heterocycles. The second-order valence-corrected chi connectivity index (χ2v) is 3.24. The number of nitriles is 1. The van der Waals surface area contributed by atoms with E-state index in [1.165, 1.54) is 10.7 Å². The topological polar surface area (TPSA) is 41.6 Å². The van der Waals surface area contributed by atoms with Crippen LogP contribution >= 0.6 is 0 Å². The molecule has 0 aliphatic carbocycles. The zero-order valence-electron chi connectivity index (χ0n) is 8.11. The fourth-order valence-corrected chi connectivity index (χ4v) is 1.31. The second-order valence-electron chi connectivity index (χ2n) is 3.24. The molecule has 1 aromatic carbocycles. The van der Waals surface area contributed by atoms with Gasteiger partial charge in [0.25, 0.3) is 0 Å². The van der Waals surface area contributed by atoms with Crippen LogP contribution in [-0.4, -0.2) is 9.78 Å². The monoisotopic (exact) mass is 201 g/mol. The molecule has 0 saturated heterocycles. The summed E-state index contributed by atoms with van der Waals surface area (Å²) in [6.45, 7) is 1.88. The molecule has 1 aromatic heterocycles. The minimum atomic E-state index is -0.447. The predicted molar refractivity (Wildman–Crippen MR) is 53.0 cm³/mol. The van der Waals surface area contributed by atoms with Crippen molar-refractivity contribution in [1.29, 1.82) is 5.26 Å². The van der Waals surface area contributed by atoms with Crippen LogP contribution in [0.2, 0.25) is 0 Å². The van der Waals surface area contributed by atoms with Gasteiger partial charge in [0.05, 0.1) is 17.8 Å². The van der Waals surface area contributed by atoms with E-state index in [0.29, 0.717) is 11.3 Å². The van der Waals surface area contributed by atoms with Crippen LogP contribution in [0.25, 0.3) is 5.69 Å². The first kappa shape index (κ1) is 9.41. The van der Waals surface area contributed by atoms with Crippen molar-refractivity contribution < 1.29 is 4.39 Å². The van der Waals surface area contributed by atoms with Gasteiger partial charge in [-0.25, -0.2) is 9.07 Å². The summed E-state index contributed by atoms with van der Waals surface area (Å²) < 4.78 is 15.0. The van der Waals surface area contributed by atoms with Crippen LogP contribution in [0.1, 0.15) is 11.1 Å². The number of hydrogen-bond donors (Lipinski definition) is 0. The summed E-state index contributed by atoms with van der Waals surface area (Å²) in [5, 5.41) is 12.6. The number of rotatable bonds is 1. The summed E-state index contributed by atoms with van der Waals surface area (Å²) in [6.07, 6.45) is 3.38. The van der Waals surface area contributed by atoms with Crippen molar-refractivity contribution in [1.82, 2.24) is 9.78 Å². The molecule has 0 atom stereocenters. The Morgan fingerprint density at radius 1 is 1.47 bits per heavy atom. The van der Waals surface area contributed by atoms with Gasteiger partial charge in [-0.15, -0.1) is 0 Å². The molecule has 4 heteroatoms. The third-order valence-corrected chi connectivity index (χ3v) is 2.04. The summed E-state index contributed by atoms with van der Waals surface area (Å²) in [4.78, 5) is 0. The molecular weight excluding hydrogens is 193 g/mol. The van der Waals surface area contributed by atoms with Crippen LogP contribution in [0.15, 0.2) is 30.6 Å². The Hall–Kier alpha value is -2.15. The first-order valence-corrected chi connectivity index (χ1v) is 4.42. The highest BCUT2D eigenvalue weighted by molar-refractivity contribution is 5.40. The lowest BCUT2D eigenvalue weighted by molar-refractivity contribution is 0.610. The van der Waals surface area contributed by atoms with Gasteiger partial charge in [0.1, 0.15) is 11.5 Å². The van der Waals surface area contributed by atoms with Gasteiger partial charge in [0, 0.05) is 6.20 Å². The molecule has 0 bridgehead atoms. The molecule has 2 rings (SSSR count). The van der Waals surface area contributed by atoms with Gasteiger partial charge in [0.15, 0.2) is 0 Å². The maximum Gasteiger partial charge on any atom is 0.150 e. The fourth-order valence-electron chi connectivity index (χ4n) is 1.31. The molecule has 0 radical (unpaired) electrons. The quantitative estimate of drug-likeness (QED) is 0.709. The predicted octanol–water partition coefficient (Wildman–Crippen LogP) is 2.19. The third-order valence-electron chi connectivity index (χ3n) is 2.04. The number of hydrogen-bond acceptors (Lipinski definition) is 2. The molecule has 2 aromatic rings. The zero-order chi connectivity index (χ0) is 10.8. The smallest absolute Gasteiger partial charge is 0.150 e. The van der Waals surface area contributed by atoms with E-state index in [1.807, 2.05) is 13.0 Å². The molecule has 0 aliphatic rings. The maximum absolute atomic E-state index is 13.5. The van der Waals surface area contributed by atoms with Crippen LogP contribution in [0.3, 0.4) is 0 Å². The van der Waals surface area contributed by atoms with Gasteiger partial charge in [0.2, 0.25) is 0 Å². The molecule has 74 valence electrons. The van der Waals surface area contributed by atoms with Crippen LogP contribution < -0.4 is 0 Å². The van der Waals surface area contributed by atoms with Crippen molar-refractivity contribution in [2.24, 2.45) is 0 Å². The number of halogens is 1. The molecule has 0 saturated carbocycles. The number of aromatic nitrogens is 2. The summed E-state index contributed by atoms with van der Waals surface area (Å²) >= 11 is 0. The van der Waals surface area contributed by atoms with E-state index in [2.05, 4.69) is 5.10 Å². The van der Waals surface area contributed by atoms with E-state index in [0.717, 1.165) is 5.56 Å². The first-order chi connectivity index (χ1) is 7.20. The summed E-state index contributed by atoms with van der Waals surface area (Å²) in [5.41, 5.74) is 1.61. The van der Waals surface area contributed by atoms with Gasteiger partial charge in [-0.2, -0.15) is 10.4 Å². The second kappa shape index (κ2) is 3.54. The van der Waals surface area contributed by atoms with Gasteiger partial charge in [-0.3, -0.25) is 0 Å². The summed E-state index contributed by atoms with van der Waals surface area (Å²) in [6, 6.07) is 6.19. The Morgan fingerprint density at radius 2 is 2.27 bits per heavy atom. The molecule has 0 fully saturated rings. The highest BCUT2D eigenvalue weighted by atomic mass is 19.1. The lowest BCUT2D eigenvalue weighted by atomic mass is 10.2. The van der Waals surface area contributed by atoms with Crippen LogP contribution in [-0.2, 0) is 0 Å². The average molecular weight is 201 g/mol. The Kier molecular flexibility index (Phi) is 2.22. The minimum absolute atomic E-state index is 0.306. The molecular formula is C11H8FN3. The van der Waals surface area contributed by atoms with E-state index in [1.54, 1.807) is 24.5 Å². The summed E-state index contributed by atoms with van der Waals surface area (Å²) in [7, 11) is 0. The number of aryl methyl sites for hydroxylation is 1. The molecule has 0 amide bonds. The highest BCUT2D eigenvalue weighted by Crippen LogP contribution is 2.14. The molecule has 0 aliphatic heterocycles. The third kappa shape index (κ3) is 1.72. The zero-order valence-corrected chi connectivity index (χ0v) is 8.11. The Bertz CT molecular complexity index is 537. The Labute approximate surface area is 86.4 Å². The lowest BCUT2D eigenvalue weighted by Crippen LogP contribution is -1.98. The molecule has 0 spiro atoms. The van der Waals surface area contributed by atoms with Crippen molar-refractivity contribution in [3.8, 4) is 11.8 Å². The van der Waals surface area contributed by atoms with Crippen molar-refractivity contribution >= 4 is 0 Å². The molecule has 3 nitrogen and oxygen atoms in total. The van der Waals surface area contributed by atoms with E-state index in [-0.39, 0.29) is 0 Å². The van der Waals surface area contributed by atoms with E-state index >= 15 is 0 Å². The average Bonchev–Trinajstić information content (AvgIpc) is 2.64. The van der Waals surface area contributed by atoms with Crippen LogP contribution in [0.4, 0.5) is 4.39 Å². The Balaban J connectivity index is 2.51. The SMILES string of the molecule is Cc1cnn(-c2ccc(C#N)cc2F)c1. The van der Waals surface area contributed by atoms with E-state index in [4.69, 9.17) is 5.26 Å². The normalized spacial score (nSPS) is 9.93. The largest absolute Gasteiger partial charge is 0.238 e. The highest BCUT2D eigenvalue weighted by Gasteiger charge is 2.06. The van der Waals surface area contributed by atoms with Crippen molar-refractivity contribution in [2.75, 3.05) is 0 Å². The lowest BCUT2D eigenvalue weighted by Gasteiger charge is -2.02. The van der Waals surface area contributed by atoms with Crippen LogP contribution in [0.5, 0.6) is 0 Å². The Morgan fingerprint density at radius 3 is 2.80 bits per heavy atom. The molecule has 0 N–H and O–H groups in total. The van der Waals surface area contributed by atoms with Crippen molar-refractivity contribution in [2.45, 2.75) is 6.92 Å². The van der Waals surface area contributed by atoms with Gasteiger partial charge < -0.3 is 0 Å². The van der Waals surface area contributed by atoms with E-state index in [9.17, 15) is 4.39 Å². The van der Waals surface area contributed by atoms with Crippen LogP contribution in [0, 0.1) is 24.1 Å². The molecule has 15 heavy (non-hydrogen) atoms. The van der Waals surface area contributed by atoms with Gasteiger partial charge in [-0.1, -0.05) is 0 Å². The van der Waals surface area contributed by atoms with Gasteiger partial charge in [-0.05, 0) is 30.7 Å². The van der Waals surface area contributed by atoms with E-state index < -0.39 is 5.82 Å². The minimum Gasteiger partial charge on any atom is -0.238 e. The first-order valence-electron chi connectivity index (χ1n) is 4.42. The van der Waals surface area contributed by atoms with Crippen molar-refractivity contribution in [3.63, 3.8) is 0 Å². The standard InChI is InChI=1S/C11H8FN3/c1-8-6-14-15(7-8)11-3-2-9(5-13)4-10(11)12/h2-4,6-7H,1H3. The summed E-state index contributed by atoms with van der Waals surface area (Å²) in [5.74, 6) is -0.447. The number of benzene rings is 1. The number of nitrogens with zero attached hydrogens (tertiary/aromatic N) is 3. The molecule has 0 unspecified atom stereocenters. The van der Waals surface area contributed by atoms with Crippen molar-refractivity contribution in [3.05, 3.63) is 47.5 Å².